The van der Waals surface area contributed by atoms with Gasteiger partial charge >= 0.3 is 0 Å². The van der Waals surface area contributed by atoms with E-state index in [1.165, 1.54) is 12.1 Å². The van der Waals surface area contributed by atoms with Gasteiger partial charge in [-0.25, -0.2) is 0 Å². The third-order valence-corrected chi connectivity index (χ3v) is 4.02. The molecule has 4 heteroatoms. The molecule has 0 aliphatic carbocycles. The molecule has 0 unspecified atom stereocenters. The number of unbranched alkanes of at least 4 members (excludes halogenated alkanes) is 1. The quantitative estimate of drug-likeness (QED) is 0.455. The summed E-state index contributed by atoms with van der Waals surface area (Å²) in [5.74, 6) is 1.65. The summed E-state index contributed by atoms with van der Waals surface area (Å²) in [6.45, 7) is 12.1. The lowest BCUT2D eigenvalue weighted by molar-refractivity contribution is -0.384. The molecule has 0 spiro atoms. The Morgan fingerprint density at radius 1 is 1.33 bits per heavy atom. The van der Waals surface area contributed by atoms with Crippen LogP contribution in [-0.4, -0.2) is 4.92 Å². The minimum Gasteiger partial charge on any atom is -0.460 e. The number of hydrogen-bond donors (Lipinski definition) is 0. The third-order valence-electron chi connectivity index (χ3n) is 4.02. The van der Waals surface area contributed by atoms with Crippen molar-refractivity contribution in [3.05, 3.63) is 75.7 Å². The first-order chi connectivity index (χ1) is 11.5. The Morgan fingerprint density at radius 3 is 2.50 bits per heavy atom. The van der Waals surface area contributed by atoms with Gasteiger partial charge < -0.3 is 4.42 Å². The second-order valence-electron chi connectivity index (χ2n) is 5.93. The largest absolute Gasteiger partial charge is 0.460 e. The van der Waals surface area contributed by atoms with Gasteiger partial charge in [0.15, 0.2) is 0 Å². The average Bonchev–Trinajstić information content (AvgIpc) is 2.90. The molecule has 1 aromatic heterocycles. The van der Waals surface area contributed by atoms with E-state index in [0.29, 0.717) is 6.42 Å². The maximum Gasteiger partial charge on any atom is 0.269 e. The molecule has 0 aliphatic heterocycles. The molecule has 0 saturated heterocycles. The second-order valence-corrected chi connectivity index (χ2v) is 5.93. The van der Waals surface area contributed by atoms with Gasteiger partial charge in [-0.05, 0) is 37.0 Å². The van der Waals surface area contributed by atoms with Crippen LogP contribution in [0.2, 0.25) is 0 Å². The molecule has 0 radical (unpaired) electrons. The van der Waals surface area contributed by atoms with E-state index in [2.05, 4.69) is 20.1 Å². The van der Waals surface area contributed by atoms with Crippen LogP contribution in [0.25, 0.3) is 11.6 Å². The molecule has 4 nitrogen and oxygen atoms in total. The summed E-state index contributed by atoms with van der Waals surface area (Å²) in [5.41, 5.74) is 4.26. The zero-order valence-corrected chi connectivity index (χ0v) is 14.3. The van der Waals surface area contributed by atoms with Crippen LogP contribution in [0.3, 0.4) is 0 Å². The van der Waals surface area contributed by atoms with Crippen LogP contribution >= 0.6 is 0 Å². The van der Waals surface area contributed by atoms with Crippen molar-refractivity contribution in [2.45, 2.75) is 39.5 Å². The van der Waals surface area contributed by atoms with Gasteiger partial charge in [0, 0.05) is 29.7 Å². The van der Waals surface area contributed by atoms with Crippen LogP contribution in [0.5, 0.6) is 0 Å². The number of nitro groups is 1. The molecule has 0 aliphatic rings. The van der Waals surface area contributed by atoms with E-state index in [4.69, 9.17) is 4.42 Å². The van der Waals surface area contributed by atoms with Gasteiger partial charge in [0.05, 0.1) is 4.92 Å². The minimum atomic E-state index is -0.394. The summed E-state index contributed by atoms with van der Waals surface area (Å²) < 4.78 is 6.02. The highest BCUT2D eigenvalue weighted by Crippen LogP contribution is 2.32. The molecule has 1 aromatic carbocycles. The van der Waals surface area contributed by atoms with Crippen molar-refractivity contribution in [3.8, 4) is 0 Å². The zero-order valence-electron chi connectivity index (χ0n) is 14.3. The summed E-state index contributed by atoms with van der Waals surface area (Å²) in [6.07, 6.45) is 5.44. The number of allylic oxidation sites excluding steroid dienone is 1. The molecule has 126 valence electrons. The Kier molecular flexibility index (Phi) is 5.74. The second kappa shape index (κ2) is 7.77. The molecular formula is C20H23NO3. The summed E-state index contributed by atoms with van der Waals surface area (Å²) >= 11 is 0. The molecule has 2 rings (SSSR count). The van der Waals surface area contributed by atoms with Crippen LogP contribution in [-0.2, 0) is 12.8 Å². The van der Waals surface area contributed by atoms with Crippen molar-refractivity contribution in [2.24, 2.45) is 0 Å². The van der Waals surface area contributed by atoms with E-state index in [-0.39, 0.29) is 5.69 Å². The van der Waals surface area contributed by atoms with Gasteiger partial charge in [0.2, 0.25) is 0 Å². The van der Waals surface area contributed by atoms with Gasteiger partial charge in [0.25, 0.3) is 5.69 Å². The van der Waals surface area contributed by atoms with Crippen molar-refractivity contribution in [1.29, 1.82) is 0 Å². The Labute approximate surface area is 142 Å². The highest BCUT2D eigenvalue weighted by atomic mass is 16.6. The van der Waals surface area contributed by atoms with E-state index < -0.39 is 4.92 Å². The summed E-state index contributed by atoms with van der Waals surface area (Å²) in [4.78, 5) is 10.4. The first-order valence-electron chi connectivity index (χ1n) is 8.14. The molecular weight excluding hydrogens is 302 g/mol. The monoisotopic (exact) mass is 325 g/mol. The Balaban J connectivity index is 2.38. The maximum atomic E-state index is 10.8. The Morgan fingerprint density at radius 2 is 2.00 bits per heavy atom. The number of non-ortho nitro benzene ring substituents is 1. The van der Waals surface area contributed by atoms with Crippen molar-refractivity contribution in [3.63, 3.8) is 0 Å². The van der Waals surface area contributed by atoms with Gasteiger partial charge in [-0.1, -0.05) is 38.6 Å². The molecule has 0 fully saturated rings. The number of nitro benzene ring substituents is 1. The van der Waals surface area contributed by atoms with Crippen molar-refractivity contribution in [2.75, 3.05) is 0 Å². The van der Waals surface area contributed by atoms with E-state index >= 15 is 0 Å². The summed E-state index contributed by atoms with van der Waals surface area (Å²) in [6, 6.07) is 6.57. The summed E-state index contributed by atoms with van der Waals surface area (Å²) in [7, 11) is 0. The predicted molar refractivity (Wildman–Crippen MR) is 98.0 cm³/mol. The fourth-order valence-corrected chi connectivity index (χ4v) is 2.84. The van der Waals surface area contributed by atoms with Crippen molar-refractivity contribution < 1.29 is 9.34 Å². The van der Waals surface area contributed by atoms with Crippen molar-refractivity contribution in [1.82, 2.24) is 0 Å². The SMILES string of the molecule is C=Cc1oc(Cc2ccc([N+](=O)[O-])cc2)c(C(=C)C)c1CCCC. The van der Waals surface area contributed by atoms with Gasteiger partial charge in [-0.3, -0.25) is 10.1 Å². The topological polar surface area (TPSA) is 56.3 Å². The first-order valence-corrected chi connectivity index (χ1v) is 8.14. The van der Waals surface area contributed by atoms with Crippen LogP contribution in [0.4, 0.5) is 5.69 Å². The lowest BCUT2D eigenvalue weighted by atomic mass is 9.96. The number of hydrogen-bond acceptors (Lipinski definition) is 3. The summed E-state index contributed by atoms with van der Waals surface area (Å²) in [5, 5.41) is 10.8. The highest BCUT2D eigenvalue weighted by molar-refractivity contribution is 5.70. The predicted octanol–water partition coefficient (Wildman–Crippen LogP) is 5.80. The Hall–Kier alpha value is -2.62. The number of furan rings is 1. The molecule has 2 aromatic rings. The van der Waals surface area contributed by atoms with Gasteiger partial charge in [0.1, 0.15) is 11.5 Å². The van der Waals surface area contributed by atoms with Gasteiger partial charge in [-0.15, -0.1) is 0 Å². The average molecular weight is 325 g/mol. The lowest BCUT2D eigenvalue weighted by Crippen LogP contribution is -1.95. The smallest absolute Gasteiger partial charge is 0.269 e. The fraction of sp³-hybridized carbons (Fsp3) is 0.300. The molecule has 1 heterocycles. The van der Waals surface area contributed by atoms with E-state index in [1.807, 2.05) is 6.92 Å². The lowest BCUT2D eigenvalue weighted by Gasteiger charge is -2.06. The number of rotatable bonds is 8. The maximum absolute atomic E-state index is 10.8. The standard InChI is InChI=1S/C20H23NO3/c1-5-7-8-17-18(6-2)24-19(20(17)14(3)4)13-15-9-11-16(12-10-15)21(22)23/h6,9-12H,2-3,5,7-8,13H2,1,4H3. The Bertz CT molecular complexity index is 754. The molecule has 0 saturated carbocycles. The van der Waals surface area contributed by atoms with Crippen LogP contribution in [0, 0.1) is 10.1 Å². The van der Waals surface area contributed by atoms with Crippen LogP contribution in [0.15, 0.2) is 41.8 Å². The van der Waals surface area contributed by atoms with E-state index in [9.17, 15) is 10.1 Å². The first kappa shape index (κ1) is 17.7. The van der Waals surface area contributed by atoms with E-state index in [0.717, 1.165) is 53.0 Å². The van der Waals surface area contributed by atoms with E-state index in [1.54, 1.807) is 18.2 Å². The number of benzene rings is 1. The van der Waals surface area contributed by atoms with Gasteiger partial charge in [-0.2, -0.15) is 0 Å². The normalized spacial score (nSPS) is 10.6. The fourth-order valence-electron chi connectivity index (χ4n) is 2.84. The number of nitrogens with zero attached hydrogens (tertiary/aromatic N) is 1. The van der Waals surface area contributed by atoms with Crippen LogP contribution < -0.4 is 0 Å². The highest BCUT2D eigenvalue weighted by Gasteiger charge is 2.19. The molecule has 0 bridgehead atoms. The zero-order chi connectivity index (χ0) is 17.7. The van der Waals surface area contributed by atoms with Crippen molar-refractivity contribution >= 4 is 17.3 Å². The minimum absolute atomic E-state index is 0.0914. The molecule has 0 N–H and O–H groups in total. The van der Waals surface area contributed by atoms with Crippen LogP contribution in [0.1, 0.15) is 54.9 Å². The third kappa shape index (κ3) is 3.82. The molecule has 0 atom stereocenters. The molecule has 0 amide bonds. The molecule has 24 heavy (non-hydrogen) atoms.